The zero-order valence-electron chi connectivity index (χ0n) is 21.0. The third kappa shape index (κ3) is 3.79. The highest BCUT2D eigenvalue weighted by Gasteiger charge is 2.60. The van der Waals surface area contributed by atoms with Crippen molar-refractivity contribution in [2.24, 2.45) is 0 Å². The van der Waals surface area contributed by atoms with Gasteiger partial charge in [-0.1, -0.05) is 96.1 Å². The highest BCUT2D eigenvalue weighted by molar-refractivity contribution is 8.36. The molecular weight excluding hydrogens is 445 g/mol. The largest absolute Gasteiger partial charge is 0.216 e. The number of benzene rings is 4. The molecule has 0 aliphatic carbocycles. The van der Waals surface area contributed by atoms with Gasteiger partial charge in [-0.2, -0.15) is 0 Å². The van der Waals surface area contributed by atoms with Crippen LogP contribution in [0.15, 0.2) is 89.8 Å². The smallest absolute Gasteiger partial charge is 0.133 e. The van der Waals surface area contributed by atoms with Crippen molar-refractivity contribution in [1.82, 2.24) is 0 Å². The fourth-order valence-electron chi connectivity index (χ4n) is 5.79. The van der Waals surface area contributed by atoms with E-state index < -0.39 is 7.22 Å². The van der Waals surface area contributed by atoms with Gasteiger partial charge in [0.25, 0.3) is 0 Å². The molecule has 0 saturated heterocycles. The van der Waals surface area contributed by atoms with Crippen LogP contribution in [0, 0.1) is 41.5 Å². The molecule has 2 heteroatoms. The van der Waals surface area contributed by atoms with Crippen LogP contribution in [0.3, 0.4) is 0 Å². The van der Waals surface area contributed by atoms with Crippen molar-refractivity contribution in [2.45, 2.75) is 46.4 Å². The Morgan fingerprint density at radius 1 is 0.500 bits per heavy atom. The summed E-state index contributed by atoms with van der Waals surface area (Å²) in [4.78, 5) is 1.45. The topological polar surface area (TPSA) is 0 Å². The Labute approximate surface area is 209 Å². The molecule has 0 spiro atoms. The monoisotopic (exact) mass is 476 g/mol. The summed E-state index contributed by atoms with van der Waals surface area (Å²) in [7, 11) is -2.25. The molecule has 0 N–H and O–H groups in total. The van der Waals surface area contributed by atoms with E-state index in [1.54, 1.807) is 15.6 Å². The number of aryl methyl sites for hydroxylation is 6. The molecule has 0 radical (unpaired) electrons. The van der Waals surface area contributed by atoms with Crippen molar-refractivity contribution >= 4 is 34.0 Å². The molecule has 0 amide bonds. The maximum absolute atomic E-state index is 2.38. The van der Waals surface area contributed by atoms with Crippen LogP contribution in [0.4, 0.5) is 0 Å². The van der Waals surface area contributed by atoms with Gasteiger partial charge in [0.15, 0.2) is 0 Å². The zero-order chi connectivity index (χ0) is 24.0. The molecule has 0 unspecified atom stereocenters. The molecule has 4 aromatic rings. The van der Waals surface area contributed by atoms with Gasteiger partial charge in [-0.05, 0) is 90.5 Å². The second-order valence-corrected chi connectivity index (χ2v) is 15.7. The molecule has 0 aromatic heterocycles. The third-order valence-electron chi connectivity index (χ3n) is 6.91. The summed E-state index contributed by atoms with van der Waals surface area (Å²) in [6.07, 6.45) is 0. The lowest BCUT2D eigenvalue weighted by atomic mass is 10.1. The Kier molecular flexibility index (Phi) is 5.91. The van der Waals surface area contributed by atoms with Gasteiger partial charge in [0.05, 0.1) is 0 Å². The van der Waals surface area contributed by atoms with Gasteiger partial charge in [0, 0.05) is 4.90 Å². The van der Waals surface area contributed by atoms with Crippen molar-refractivity contribution in [3.8, 4) is 0 Å². The van der Waals surface area contributed by atoms with Gasteiger partial charge < -0.3 is 0 Å². The first-order valence-corrected chi connectivity index (χ1v) is 15.6. The third-order valence-corrected chi connectivity index (χ3v) is 15.2. The van der Waals surface area contributed by atoms with E-state index in [0.717, 1.165) is 0 Å². The normalized spacial score (nSPS) is 14.4. The van der Waals surface area contributed by atoms with E-state index in [1.807, 2.05) is 0 Å². The average molecular weight is 477 g/mol. The minimum absolute atomic E-state index is 1.34. The molecule has 1 aliphatic rings. The summed E-state index contributed by atoms with van der Waals surface area (Å²) in [5, 5.41) is 4.75. The van der Waals surface area contributed by atoms with Crippen molar-refractivity contribution in [3.05, 3.63) is 129 Å². The fourth-order valence-corrected chi connectivity index (χ4v) is 16.1. The van der Waals surface area contributed by atoms with E-state index >= 15 is 0 Å². The zero-order valence-corrected chi connectivity index (χ0v) is 22.8. The lowest BCUT2D eigenvalue weighted by molar-refractivity contribution is 1.19. The molecule has 34 heavy (non-hydrogen) atoms. The molecule has 5 rings (SSSR count). The first kappa shape index (κ1) is 23.0. The predicted octanol–water partition coefficient (Wildman–Crippen LogP) is 8.18. The van der Waals surface area contributed by atoms with Gasteiger partial charge in [-0.3, -0.25) is 0 Å². The molecular formula is C32H32SSi. The first-order chi connectivity index (χ1) is 16.3. The summed E-state index contributed by atoms with van der Waals surface area (Å²) in [5.41, 5.74) is 11.1. The molecule has 0 atom stereocenters. The van der Waals surface area contributed by atoms with Gasteiger partial charge in [-0.15, -0.1) is 11.2 Å². The quantitative estimate of drug-likeness (QED) is 0.262. The highest BCUT2D eigenvalue weighted by Crippen LogP contribution is 2.62. The van der Waals surface area contributed by atoms with Crippen molar-refractivity contribution in [2.75, 3.05) is 0 Å². The summed E-state index contributed by atoms with van der Waals surface area (Å²) in [5.74, 6) is 0. The second kappa shape index (κ2) is 8.76. The van der Waals surface area contributed by atoms with Crippen LogP contribution in [0.2, 0.25) is 0 Å². The van der Waals surface area contributed by atoms with Crippen LogP contribution >= 0.6 is 11.2 Å². The van der Waals surface area contributed by atoms with Gasteiger partial charge in [0.1, 0.15) is 0 Å². The first-order valence-electron chi connectivity index (χ1n) is 12.0. The maximum Gasteiger partial charge on any atom is 0.216 e. The highest BCUT2D eigenvalue weighted by atomic mass is 32.4. The van der Waals surface area contributed by atoms with E-state index in [9.17, 15) is 0 Å². The fraction of sp³-hybridized carbons (Fsp3) is 0.188. The van der Waals surface area contributed by atoms with E-state index in [2.05, 4.69) is 138 Å². The molecule has 4 aromatic carbocycles. The van der Waals surface area contributed by atoms with Crippen LogP contribution in [-0.2, 0) is 0 Å². The summed E-state index contributed by atoms with van der Waals surface area (Å²) >= 11 is 2.18. The van der Waals surface area contributed by atoms with Crippen LogP contribution in [0.25, 0.3) is 10.4 Å². The van der Waals surface area contributed by atoms with E-state index in [-0.39, 0.29) is 0 Å². The lowest BCUT2D eigenvalue weighted by Gasteiger charge is -2.26. The summed E-state index contributed by atoms with van der Waals surface area (Å²) in [6.45, 7) is 13.6. The molecule has 1 aliphatic heterocycles. The van der Waals surface area contributed by atoms with Crippen molar-refractivity contribution in [3.63, 3.8) is 0 Å². The SMILES string of the molecule is Cc1cc(C)c(S[Si]2(c3c(C)cc(C)cc3C)C(c3ccccc3)=C2c2ccccc2)c(C)c1. The second-order valence-electron chi connectivity index (χ2n) is 9.77. The predicted molar refractivity (Wildman–Crippen MR) is 152 cm³/mol. The number of hydrogen-bond donors (Lipinski definition) is 0. The van der Waals surface area contributed by atoms with Crippen molar-refractivity contribution < 1.29 is 0 Å². The molecule has 0 bridgehead atoms. The Balaban J connectivity index is 1.81. The van der Waals surface area contributed by atoms with Gasteiger partial charge in [0.2, 0.25) is 7.22 Å². The Hall–Kier alpha value is -2.81. The molecule has 0 saturated carbocycles. The van der Waals surface area contributed by atoms with E-state index in [4.69, 9.17) is 0 Å². The summed E-state index contributed by atoms with van der Waals surface area (Å²) < 4.78 is 0. The molecule has 1 heterocycles. The Morgan fingerprint density at radius 2 is 0.882 bits per heavy atom. The minimum atomic E-state index is -2.25. The number of hydrogen-bond acceptors (Lipinski definition) is 1. The van der Waals surface area contributed by atoms with Crippen LogP contribution in [0.5, 0.6) is 0 Å². The minimum Gasteiger partial charge on any atom is -0.133 e. The van der Waals surface area contributed by atoms with Gasteiger partial charge >= 0.3 is 0 Å². The standard InChI is InChI=1S/C32H32SSi/c1-21-17-23(3)29(24(4)18-21)33-34(30-25(5)19-22(2)20-26(30)6)31(27-13-9-7-10-14-27)32(34)28-15-11-8-12-16-28/h7-20H,1-6H3. The van der Waals surface area contributed by atoms with Crippen LogP contribution in [-0.4, -0.2) is 7.22 Å². The molecule has 0 nitrogen and oxygen atoms in total. The average Bonchev–Trinajstić information content (AvgIpc) is 3.45. The van der Waals surface area contributed by atoms with Crippen LogP contribution < -0.4 is 5.19 Å². The molecule has 0 fully saturated rings. The number of rotatable bonds is 5. The Bertz CT molecular complexity index is 1320. The van der Waals surface area contributed by atoms with Crippen LogP contribution in [0.1, 0.15) is 44.5 Å². The van der Waals surface area contributed by atoms with Crippen molar-refractivity contribution in [1.29, 1.82) is 0 Å². The Morgan fingerprint density at radius 3 is 1.29 bits per heavy atom. The summed E-state index contributed by atoms with van der Waals surface area (Å²) in [6, 6.07) is 31.7. The lowest BCUT2D eigenvalue weighted by Crippen LogP contribution is -2.39. The maximum atomic E-state index is 2.38. The van der Waals surface area contributed by atoms with Gasteiger partial charge in [-0.25, -0.2) is 0 Å². The molecule has 170 valence electrons. The van der Waals surface area contributed by atoms with E-state index in [0.29, 0.717) is 0 Å². The van der Waals surface area contributed by atoms with E-state index in [1.165, 1.54) is 49.4 Å².